The van der Waals surface area contributed by atoms with Crippen molar-refractivity contribution >= 4 is 48.5 Å². The molecule has 0 spiro atoms. The zero-order valence-corrected chi connectivity index (χ0v) is 10.7. The lowest BCUT2D eigenvalue weighted by Gasteiger charge is -2.07. The third kappa shape index (κ3) is 1.53. The van der Waals surface area contributed by atoms with Crippen LogP contribution < -0.4 is 5.73 Å². The SMILES string of the molecule is Cc1nc2ccc(Br)cc2c(N)c1Br. The summed E-state index contributed by atoms with van der Waals surface area (Å²) in [6.45, 7) is 1.93. The zero-order valence-electron chi connectivity index (χ0n) is 7.51. The van der Waals surface area contributed by atoms with Gasteiger partial charge in [-0.05, 0) is 41.1 Å². The summed E-state index contributed by atoms with van der Waals surface area (Å²) in [7, 11) is 0. The van der Waals surface area contributed by atoms with Gasteiger partial charge in [-0.1, -0.05) is 15.9 Å². The van der Waals surface area contributed by atoms with Crippen molar-refractivity contribution in [3.63, 3.8) is 0 Å². The maximum absolute atomic E-state index is 5.98. The lowest BCUT2D eigenvalue weighted by Crippen LogP contribution is -1.94. The van der Waals surface area contributed by atoms with E-state index in [1.807, 2.05) is 25.1 Å². The molecule has 0 atom stereocenters. The molecule has 0 saturated heterocycles. The number of nitrogens with zero attached hydrogens (tertiary/aromatic N) is 1. The van der Waals surface area contributed by atoms with Crippen LogP contribution in [0.15, 0.2) is 27.1 Å². The number of pyridine rings is 1. The molecule has 0 unspecified atom stereocenters. The van der Waals surface area contributed by atoms with Crippen molar-refractivity contribution in [2.75, 3.05) is 5.73 Å². The fourth-order valence-electron chi connectivity index (χ4n) is 1.36. The first kappa shape index (κ1) is 9.93. The van der Waals surface area contributed by atoms with Gasteiger partial charge in [-0.2, -0.15) is 0 Å². The van der Waals surface area contributed by atoms with E-state index in [1.54, 1.807) is 0 Å². The molecule has 0 fully saturated rings. The Hall–Kier alpha value is -0.610. The van der Waals surface area contributed by atoms with E-state index in [2.05, 4.69) is 36.8 Å². The van der Waals surface area contributed by atoms with Gasteiger partial charge in [0.1, 0.15) is 0 Å². The summed E-state index contributed by atoms with van der Waals surface area (Å²) in [6, 6.07) is 5.89. The lowest BCUT2D eigenvalue weighted by molar-refractivity contribution is 1.23. The molecule has 72 valence electrons. The minimum atomic E-state index is 0.744. The van der Waals surface area contributed by atoms with Crippen LogP contribution in [0.3, 0.4) is 0 Å². The number of benzene rings is 1. The fourth-order valence-corrected chi connectivity index (χ4v) is 2.03. The summed E-state index contributed by atoms with van der Waals surface area (Å²) in [5, 5.41) is 0.969. The molecule has 1 aromatic heterocycles. The number of anilines is 1. The minimum absolute atomic E-state index is 0.744. The summed E-state index contributed by atoms with van der Waals surface area (Å²) in [6.07, 6.45) is 0. The predicted octanol–water partition coefficient (Wildman–Crippen LogP) is 3.65. The van der Waals surface area contributed by atoms with Gasteiger partial charge < -0.3 is 5.73 Å². The fraction of sp³-hybridized carbons (Fsp3) is 0.100. The Balaban J connectivity index is 2.92. The van der Waals surface area contributed by atoms with Crippen LogP contribution >= 0.6 is 31.9 Å². The molecule has 14 heavy (non-hydrogen) atoms. The third-order valence-electron chi connectivity index (χ3n) is 2.09. The monoisotopic (exact) mass is 314 g/mol. The van der Waals surface area contributed by atoms with Crippen LogP contribution in [0.2, 0.25) is 0 Å². The topological polar surface area (TPSA) is 38.9 Å². The van der Waals surface area contributed by atoms with E-state index in [0.717, 1.165) is 31.2 Å². The number of nitrogen functional groups attached to an aromatic ring is 1. The molecule has 0 amide bonds. The van der Waals surface area contributed by atoms with E-state index >= 15 is 0 Å². The van der Waals surface area contributed by atoms with E-state index in [4.69, 9.17) is 5.73 Å². The van der Waals surface area contributed by atoms with Gasteiger partial charge in [-0.15, -0.1) is 0 Å². The van der Waals surface area contributed by atoms with Gasteiger partial charge in [0.25, 0.3) is 0 Å². The van der Waals surface area contributed by atoms with Gasteiger partial charge in [0, 0.05) is 9.86 Å². The van der Waals surface area contributed by atoms with E-state index in [9.17, 15) is 0 Å². The maximum Gasteiger partial charge on any atom is 0.0727 e. The number of hydrogen-bond acceptors (Lipinski definition) is 2. The summed E-state index contributed by atoms with van der Waals surface area (Å²) >= 11 is 6.83. The second-order valence-electron chi connectivity index (χ2n) is 3.09. The van der Waals surface area contributed by atoms with E-state index < -0.39 is 0 Å². The summed E-state index contributed by atoms with van der Waals surface area (Å²) in [5.41, 5.74) is 8.56. The van der Waals surface area contributed by atoms with E-state index in [0.29, 0.717) is 0 Å². The second-order valence-corrected chi connectivity index (χ2v) is 4.80. The molecule has 1 aromatic carbocycles. The van der Waals surface area contributed by atoms with Crippen LogP contribution in [0.25, 0.3) is 10.9 Å². The van der Waals surface area contributed by atoms with Crippen molar-refractivity contribution in [1.29, 1.82) is 0 Å². The molecule has 2 nitrogen and oxygen atoms in total. The Morgan fingerprint density at radius 1 is 1.29 bits per heavy atom. The summed E-state index contributed by atoms with van der Waals surface area (Å²) in [4.78, 5) is 4.43. The maximum atomic E-state index is 5.98. The van der Waals surface area contributed by atoms with E-state index in [-0.39, 0.29) is 0 Å². The molecule has 2 rings (SSSR count). The van der Waals surface area contributed by atoms with Crippen LogP contribution in [-0.4, -0.2) is 4.98 Å². The highest BCUT2D eigenvalue weighted by Crippen LogP contribution is 2.31. The van der Waals surface area contributed by atoms with Crippen molar-refractivity contribution in [2.24, 2.45) is 0 Å². The molecular weight excluding hydrogens is 308 g/mol. The Morgan fingerprint density at radius 3 is 2.71 bits per heavy atom. The lowest BCUT2D eigenvalue weighted by atomic mass is 10.2. The molecule has 0 bridgehead atoms. The number of halogens is 2. The van der Waals surface area contributed by atoms with Crippen LogP contribution in [0, 0.1) is 6.92 Å². The first-order valence-electron chi connectivity index (χ1n) is 4.10. The Labute approximate surface area is 98.8 Å². The highest BCUT2D eigenvalue weighted by molar-refractivity contribution is 9.11. The number of fused-ring (bicyclic) bond motifs is 1. The second kappa shape index (κ2) is 3.51. The molecule has 0 aliphatic heterocycles. The highest BCUT2D eigenvalue weighted by Gasteiger charge is 2.07. The molecule has 0 radical (unpaired) electrons. The van der Waals surface area contributed by atoms with Gasteiger partial charge >= 0.3 is 0 Å². The molecule has 0 aliphatic rings. The van der Waals surface area contributed by atoms with Crippen molar-refractivity contribution in [3.8, 4) is 0 Å². The van der Waals surface area contributed by atoms with Gasteiger partial charge in [-0.3, -0.25) is 4.98 Å². The number of aryl methyl sites for hydroxylation is 1. The number of aromatic nitrogens is 1. The van der Waals surface area contributed by atoms with Crippen molar-refractivity contribution in [1.82, 2.24) is 4.98 Å². The summed E-state index contributed by atoms with van der Waals surface area (Å²) < 4.78 is 1.89. The van der Waals surface area contributed by atoms with Gasteiger partial charge in [-0.25, -0.2) is 0 Å². The third-order valence-corrected chi connectivity index (χ3v) is 3.59. The van der Waals surface area contributed by atoms with Crippen molar-refractivity contribution < 1.29 is 0 Å². The van der Waals surface area contributed by atoms with Gasteiger partial charge in [0.2, 0.25) is 0 Å². The van der Waals surface area contributed by atoms with Gasteiger partial charge in [0.15, 0.2) is 0 Å². The average molecular weight is 316 g/mol. The Morgan fingerprint density at radius 2 is 2.00 bits per heavy atom. The molecular formula is C10H8Br2N2. The quantitative estimate of drug-likeness (QED) is 0.806. The molecule has 2 N–H and O–H groups in total. The molecule has 1 heterocycles. The van der Waals surface area contributed by atoms with Gasteiger partial charge in [0.05, 0.1) is 21.4 Å². The minimum Gasteiger partial charge on any atom is -0.397 e. The first-order chi connectivity index (χ1) is 6.59. The van der Waals surface area contributed by atoms with Crippen LogP contribution in [-0.2, 0) is 0 Å². The van der Waals surface area contributed by atoms with Crippen molar-refractivity contribution in [3.05, 3.63) is 32.8 Å². The Kier molecular flexibility index (Phi) is 2.49. The Bertz CT molecular complexity index is 509. The van der Waals surface area contributed by atoms with Crippen molar-refractivity contribution in [2.45, 2.75) is 6.92 Å². The molecule has 2 aromatic rings. The molecule has 0 aliphatic carbocycles. The zero-order chi connectivity index (χ0) is 10.3. The highest BCUT2D eigenvalue weighted by atomic mass is 79.9. The predicted molar refractivity (Wildman–Crippen MR) is 66.3 cm³/mol. The molecule has 4 heteroatoms. The first-order valence-corrected chi connectivity index (χ1v) is 5.69. The van der Waals surface area contributed by atoms with E-state index in [1.165, 1.54) is 0 Å². The normalized spacial score (nSPS) is 10.8. The standard InChI is InChI=1S/C10H8Br2N2/c1-5-9(12)10(13)7-4-6(11)2-3-8(7)14-5/h2-4H,1H3,(H2,13,14). The summed E-state index contributed by atoms with van der Waals surface area (Å²) in [5.74, 6) is 0. The van der Waals surface area contributed by atoms with Crippen LogP contribution in [0.4, 0.5) is 5.69 Å². The smallest absolute Gasteiger partial charge is 0.0727 e. The number of nitrogens with two attached hydrogens (primary N) is 1. The largest absolute Gasteiger partial charge is 0.397 e. The molecule has 0 saturated carbocycles. The average Bonchev–Trinajstić information content (AvgIpc) is 2.16. The van der Waals surface area contributed by atoms with Crippen LogP contribution in [0.5, 0.6) is 0 Å². The van der Waals surface area contributed by atoms with Crippen LogP contribution in [0.1, 0.15) is 5.69 Å². The number of hydrogen-bond donors (Lipinski definition) is 1. The number of rotatable bonds is 0.